The Morgan fingerprint density at radius 3 is 2.45 bits per heavy atom. The summed E-state index contributed by atoms with van der Waals surface area (Å²) in [6, 6.07) is 12.4. The number of hydrogen-bond donors (Lipinski definition) is 1. The molecule has 6 heteroatoms. The first-order chi connectivity index (χ1) is 17.7. The van der Waals surface area contributed by atoms with Crippen LogP contribution in [-0.2, 0) is 21.2 Å². The van der Waals surface area contributed by atoms with Crippen LogP contribution in [0, 0.1) is 0 Å². The Bertz CT molecular complexity index is 1100. The van der Waals surface area contributed by atoms with E-state index >= 15 is 0 Å². The molecule has 1 heterocycles. The molecule has 1 amide bonds. The molecule has 0 aromatic heterocycles. The van der Waals surface area contributed by atoms with E-state index in [9.17, 15) is 4.79 Å². The predicted molar refractivity (Wildman–Crippen MR) is 160 cm³/mol. The van der Waals surface area contributed by atoms with Crippen LogP contribution in [0.3, 0.4) is 0 Å². The monoisotopic (exact) mass is 539 g/mol. The molecule has 1 atom stereocenters. The fraction of sp³-hybridized carbons (Fsp3) is 0.594. The van der Waals surface area contributed by atoms with Crippen LogP contribution in [0.2, 0.25) is 18.1 Å². The van der Waals surface area contributed by atoms with Gasteiger partial charge in [0.2, 0.25) is 12.7 Å². The van der Waals surface area contributed by atoms with Crippen LogP contribution in [0.5, 0.6) is 11.5 Å². The third-order valence-electron chi connectivity index (χ3n) is 8.03. The number of anilines is 1. The van der Waals surface area contributed by atoms with Crippen molar-refractivity contribution in [1.29, 1.82) is 0 Å². The molecule has 0 fully saturated rings. The summed E-state index contributed by atoms with van der Waals surface area (Å²) in [5.74, 6) is 1.66. The Morgan fingerprint density at radius 2 is 1.79 bits per heavy atom. The van der Waals surface area contributed by atoms with Gasteiger partial charge in [-0.2, -0.15) is 0 Å². The average Bonchev–Trinajstić information content (AvgIpc) is 3.30. The highest BCUT2D eigenvalue weighted by Gasteiger charge is 2.37. The second kappa shape index (κ2) is 12.2. The molecule has 0 saturated carbocycles. The van der Waals surface area contributed by atoms with Crippen molar-refractivity contribution in [2.45, 2.75) is 117 Å². The lowest BCUT2D eigenvalue weighted by molar-refractivity contribution is -0.116. The number of hydrogen-bond acceptors (Lipinski definition) is 4. The molecule has 38 heavy (non-hydrogen) atoms. The number of ether oxygens (including phenoxy) is 2. The normalized spacial score (nSPS) is 14.4. The number of carbonyl (C=O) groups excluding carboxylic acids is 1. The zero-order valence-corrected chi connectivity index (χ0v) is 26.1. The summed E-state index contributed by atoms with van der Waals surface area (Å²) in [5, 5.41) is 3.44. The first-order valence-corrected chi connectivity index (χ1v) is 17.1. The first-order valence-electron chi connectivity index (χ1n) is 14.2. The number of rotatable bonds is 11. The molecule has 0 bridgehead atoms. The molecule has 0 saturated heterocycles. The molecular weight excluding hydrogens is 490 g/mol. The number of para-hydroxylation sites is 1. The Hall–Kier alpha value is -2.31. The molecule has 0 spiro atoms. The van der Waals surface area contributed by atoms with Gasteiger partial charge in [0.15, 0.2) is 19.8 Å². The van der Waals surface area contributed by atoms with Gasteiger partial charge in [-0.15, -0.1) is 0 Å². The van der Waals surface area contributed by atoms with Crippen molar-refractivity contribution in [2.24, 2.45) is 0 Å². The third kappa shape index (κ3) is 7.63. The Morgan fingerprint density at radius 1 is 1.05 bits per heavy atom. The topological polar surface area (TPSA) is 56.8 Å². The van der Waals surface area contributed by atoms with Crippen LogP contribution in [0.1, 0.15) is 103 Å². The zero-order chi connectivity index (χ0) is 28.1. The van der Waals surface area contributed by atoms with Crippen LogP contribution >= 0.6 is 0 Å². The minimum absolute atomic E-state index is 0.0241. The summed E-state index contributed by atoms with van der Waals surface area (Å²) in [6.45, 7) is 20.8. The second-order valence-corrected chi connectivity index (χ2v) is 18.0. The van der Waals surface area contributed by atoms with Gasteiger partial charge in [-0.05, 0) is 59.1 Å². The van der Waals surface area contributed by atoms with E-state index in [2.05, 4.69) is 91.1 Å². The number of carbonyl (C=O) groups is 1. The van der Waals surface area contributed by atoms with Crippen molar-refractivity contribution in [1.82, 2.24) is 0 Å². The lowest BCUT2D eigenvalue weighted by Crippen LogP contribution is -2.40. The number of fused-ring (bicyclic) bond motifs is 1. The Balaban J connectivity index is 1.82. The van der Waals surface area contributed by atoms with Gasteiger partial charge in [0.05, 0.1) is 6.61 Å². The van der Waals surface area contributed by atoms with Crippen LogP contribution in [-0.4, -0.2) is 21.0 Å². The summed E-state index contributed by atoms with van der Waals surface area (Å²) in [5.41, 5.74) is 4.06. The van der Waals surface area contributed by atoms with Crippen molar-refractivity contribution in [3.8, 4) is 11.5 Å². The van der Waals surface area contributed by atoms with Crippen LogP contribution in [0.25, 0.3) is 0 Å². The number of unbranched alkanes of at least 4 members (excludes halogenated alkanes) is 2. The third-order valence-corrected chi connectivity index (χ3v) is 12.5. The van der Waals surface area contributed by atoms with E-state index in [0.717, 1.165) is 59.6 Å². The molecule has 0 aliphatic carbocycles. The fourth-order valence-corrected chi connectivity index (χ4v) is 5.59. The predicted octanol–water partition coefficient (Wildman–Crippen LogP) is 8.93. The summed E-state index contributed by atoms with van der Waals surface area (Å²) in [6.07, 6.45) is 4.71. The van der Waals surface area contributed by atoms with E-state index < -0.39 is 8.32 Å². The fourth-order valence-electron chi connectivity index (χ4n) is 4.63. The van der Waals surface area contributed by atoms with Gasteiger partial charge in [-0.1, -0.05) is 92.0 Å². The lowest BCUT2D eigenvalue weighted by Gasteiger charge is -2.36. The van der Waals surface area contributed by atoms with E-state index in [4.69, 9.17) is 13.9 Å². The zero-order valence-electron chi connectivity index (χ0n) is 25.1. The molecule has 1 aliphatic heterocycles. The minimum Gasteiger partial charge on any atom is -0.454 e. The summed E-state index contributed by atoms with van der Waals surface area (Å²) >= 11 is 0. The van der Waals surface area contributed by atoms with E-state index in [1.54, 1.807) is 0 Å². The van der Waals surface area contributed by atoms with Crippen molar-refractivity contribution in [2.75, 3.05) is 12.1 Å². The molecule has 0 radical (unpaired) electrons. The average molecular weight is 540 g/mol. The van der Waals surface area contributed by atoms with Crippen LogP contribution in [0.15, 0.2) is 36.4 Å². The summed E-state index contributed by atoms with van der Waals surface area (Å²) < 4.78 is 17.9. The van der Waals surface area contributed by atoms with E-state index in [1.807, 2.05) is 12.1 Å². The first kappa shape index (κ1) is 30.2. The van der Waals surface area contributed by atoms with Gasteiger partial charge in [-0.25, -0.2) is 0 Å². The highest BCUT2D eigenvalue weighted by molar-refractivity contribution is 6.74. The Kier molecular flexibility index (Phi) is 9.75. The highest BCUT2D eigenvalue weighted by atomic mass is 28.4. The van der Waals surface area contributed by atoms with Gasteiger partial charge in [-0.3, -0.25) is 4.79 Å². The van der Waals surface area contributed by atoms with Crippen molar-refractivity contribution < 1.29 is 18.7 Å². The molecule has 2 aromatic rings. The second-order valence-electron chi connectivity index (χ2n) is 13.2. The molecule has 210 valence electrons. The van der Waals surface area contributed by atoms with Gasteiger partial charge in [0.25, 0.3) is 0 Å². The minimum atomic E-state index is -1.88. The van der Waals surface area contributed by atoms with Gasteiger partial charge >= 0.3 is 0 Å². The summed E-state index contributed by atoms with van der Waals surface area (Å²) in [7, 11) is -1.88. The van der Waals surface area contributed by atoms with Gasteiger partial charge in [0.1, 0.15) is 0 Å². The maximum absolute atomic E-state index is 13.6. The van der Waals surface area contributed by atoms with E-state index in [0.29, 0.717) is 13.0 Å². The van der Waals surface area contributed by atoms with Crippen molar-refractivity contribution >= 4 is 19.9 Å². The van der Waals surface area contributed by atoms with Crippen molar-refractivity contribution in [3.05, 3.63) is 53.1 Å². The molecule has 1 N–H and O–H groups in total. The standard InChI is InChI=1S/C32H49NO4Si/c1-10-11-12-14-24(25-15-13-16-28-30(25)36-22-35-28)20-29(34)33-27-19-23(17-18-26(27)31(2,3)4)21-37-38(8,9)32(5,6)7/h13,15-19,24H,10-12,14,20-22H2,1-9H3,(H,33,34). The highest BCUT2D eigenvalue weighted by Crippen LogP contribution is 2.42. The number of amides is 1. The van der Waals surface area contributed by atoms with Gasteiger partial charge < -0.3 is 19.2 Å². The molecule has 1 aliphatic rings. The van der Waals surface area contributed by atoms with E-state index in [-0.39, 0.29) is 29.1 Å². The van der Waals surface area contributed by atoms with Crippen molar-refractivity contribution in [3.63, 3.8) is 0 Å². The number of nitrogens with one attached hydrogen (secondary N) is 1. The van der Waals surface area contributed by atoms with Crippen LogP contribution < -0.4 is 14.8 Å². The maximum Gasteiger partial charge on any atom is 0.231 e. The van der Waals surface area contributed by atoms with Gasteiger partial charge in [0, 0.05) is 17.7 Å². The number of benzene rings is 2. The molecule has 2 aromatic carbocycles. The SMILES string of the molecule is CCCCCC(CC(=O)Nc1cc(CO[Si](C)(C)C(C)(C)C)ccc1C(C)(C)C)c1cccc2c1OCO2. The molecule has 1 unspecified atom stereocenters. The van der Waals surface area contributed by atoms with Crippen LogP contribution in [0.4, 0.5) is 5.69 Å². The maximum atomic E-state index is 13.6. The van der Waals surface area contributed by atoms with E-state index in [1.165, 1.54) is 0 Å². The molecule has 5 nitrogen and oxygen atoms in total. The quantitative estimate of drug-likeness (QED) is 0.229. The summed E-state index contributed by atoms with van der Waals surface area (Å²) in [4.78, 5) is 13.6. The Labute approximate surface area is 231 Å². The smallest absolute Gasteiger partial charge is 0.231 e. The lowest BCUT2D eigenvalue weighted by atomic mass is 9.85. The molecular formula is C32H49NO4Si. The largest absolute Gasteiger partial charge is 0.454 e. The molecule has 3 rings (SSSR count).